The Labute approximate surface area is 183 Å². The van der Waals surface area contributed by atoms with Crippen LogP contribution in [0.25, 0.3) is 11.3 Å². The Bertz CT molecular complexity index is 1050. The topological polar surface area (TPSA) is 157 Å². The monoisotopic (exact) mass is 443 g/mol. The number of hydrogen-bond acceptors (Lipinski definition) is 7. The number of amides is 3. The molecule has 1 saturated heterocycles. The summed E-state index contributed by atoms with van der Waals surface area (Å²) in [6.45, 7) is 1.35. The summed E-state index contributed by atoms with van der Waals surface area (Å²) >= 11 is 0. The first kappa shape index (κ1) is 21.8. The van der Waals surface area contributed by atoms with Gasteiger partial charge in [0, 0.05) is 23.7 Å². The number of carbonyl (C=O) groups excluding carboxylic acids is 3. The first-order valence-electron chi connectivity index (χ1n) is 10.4. The summed E-state index contributed by atoms with van der Waals surface area (Å²) in [7, 11) is 0. The minimum atomic E-state index is -1.52. The molecule has 1 aliphatic heterocycles. The van der Waals surface area contributed by atoms with Gasteiger partial charge in [0.15, 0.2) is 11.9 Å². The number of fused-ring (bicyclic) bond motifs is 3. The molecule has 11 nitrogen and oxygen atoms in total. The second kappa shape index (κ2) is 8.97. The van der Waals surface area contributed by atoms with Gasteiger partial charge in [-0.3, -0.25) is 19.6 Å². The SMILES string of the molecule is CC(=O)NC[C@H]1CN(c2ccc3c(c2)CCCc2c(NC(=O)C(O)CO)n[nH]c2-3)C(=O)O1. The Kier molecular flexibility index (Phi) is 6.10. The van der Waals surface area contributed by atoms with Crippen molar-refractivity contribution in [3.8, 4) is 11.3 Å². The molecule has 0 radical (unpaired) electrons. The van der Waals surface area contributed by atoms with Crippen LogP contribution in [-0.2, 0) is 27.2 Å². The van der Waals surface area contributed by atoms with E-state index in [9.17, 15) is 19.5 Å². The molecule has 1 aliphatic carbocycles. The van der Waals surface area contributed by atoms with Gasteiger partial charge in [-0.25, -0.2) is 4.79 Å². The number of aryl methyl sites for hydroxylation is 1. The van der Waals surface area contributed by atoms with Crippen LogP contribution in [0.5, 0.6) is 0 Å². The van der Waals surface area contributed by atoms with Gasteiger partial charge in [-0.2, -0.15) is 5.10 Å². The zero-order valence-corrected chi connectivity index (χ0v) is 17.6. The van der Waals surface area contributed by atoms with Crippen LogP contribution in [0.1, 0.15) is 24.5 Å². The summed E-state index contributed by atoms with van der Waals surface area (Å²) < 4.78 is 5.35. The largest absolute Gasteiger partial charge is 0.442 e. The van der Waals surface area contributed by atoms with E-state index < -0.39 is 30.8 Å². The lowest BCUT2D eigenvalue weighted by Gasteiger charge is -2.16. The maximum atomic E-state index is 12.3. The Morgan fingerprint density at radius 3 is 2.94 bits per heavy atom. The molecule has 32 heavy (non-hydrogen) atoms. The van der Waals surface area contributed by atoms with Crippen molar-refractivity contribution < 1.29 is 29.3 Å². The zero-order chi connectivity index (χ0) is 22.8. The molecule has 3 amide bonds. The third-order valence-electron chi connectivity index (χ3n) is 5.58. The van der Waals surface area contributed by atoms with Gasteiger partial charge < -0.3 is 25.6 Å². The van der Waals surface area contributed by atoms with Crippen LogP contribution in [0.3, 0.4) is 0 Å². The summed E-state index contributed by atoms with van der Waals surface area (Å²) in [4.78, 5) is 37.0. The Balaban J connectivity index is 1.56. The van der Waals surface area contributed by atoms with E-state index in [0.717, 1.165) is 35.2 Å². The zero-order valence-electron chi connectivity index (χ0n) is 17.6. The molecule has 5 N–H and O–H groups in total. The highest BCUT2D eigenvalue weighted by Gasteiger charge is 2.33. The van der Waals surface area contributed by atoms with E-state index in [0.29, 0.717) is 24.5 Å². The summed E-state index contributed by atoms with van der Waals surface area (Å²) in [5.74, 6) is -0.567. The molecule has 2 aromatic rings. The van der Waals surface area contributed by atoms with E-state index in [-0.39, 0.29) is 12.5 Å². The van der Waals surface area contributed by atoms with Crippen molar-refractivity contribution in [3.63, 3.8) is 0 Å². The number of aromatic nitrogens is 2. The van der Waals surface area contributed by atoms with Crippen LogP contribution in [-0.4, -0.2) is 70.2 Å². The molecule has 170 valence electrons. The average molecular weight is 443 g/mol. The highest BCUT2D eigenvalue weighted by Crippen LogP contribution is 2.37. The number of aromatic amines is 1. The van der Waals surface area contributed by atoms with Gasteiger partial charge in [-0.1, -0.05) is 6.07 Å². The van der Waals surface area contributed by atoms with E-state index in [2.05, 4.69) is 20.8 Å². The number of carbonyl (C=O) groups is 3. The molecule has 4 rings (SSSR count). The number of anilines is 2. The fourth-order valence-electron chi connectivity index (χ4n) is 3.97. The molecule has 1 unspecified atom stereocenters. The van der Waals surface area contributed by atoms with Gasteiger partial charge in [0.2, 0.25) is 5.91 Å². The first-order chi connectivity index (χ1) is 15.4. The molecule has 1 aromatic carbocycles. The molecule has 2 atom stereocenters. The second-order valence-electron chi connectivity index (χ2n) is 7.86. The van der Waals surface area contributed by atoms with Gasteiger partial charge >= 0.3 is 6.09 Å². The van der Waals surface area contributed by atoms with Crippen molar-refractivity contribution in [3.05, 3.63) is 29.3 Å². The lowest BCUT2D eigenvalue weighted by molar-refractivity contribution is -0.125. The minimum absolute atomic E-state index is 0.179. The Morgan fingerprint density at radius 2 is 2.19 bits per heavy atom. The molecule has 2 heterocycles. The third kappa shape index (κ3) is 4.30. The summed E-state index contributed by atoms with van der Waals surface area (Å²) in [6.07, 6.45) is -0.169. The molecule has 1 aromatic heterocycles. The molecule has 1 fully saturated rings. The normalized spacial score (nSPS) is 18.3. The van der Waals surface area contributed by atoms with Gasteiger partial charge in [0.25, 0.3) is 5.91 Å². The number of nitrogens with one attached hydrogen (secondary N) is 3. The van der Waals surface area contributed by atoms with Crippen molar-refractivity contribution in [2.24, 2.45) is 0 Å². The van der Waals surface area contributed by atoms with Gasteiger partial charge in [0.1, 0.15) is 6.10 Å². The summed E-state index contributed by atoms with van der Waals surface area (Å²) in [5.41, 5.74) is 4.24. The number of benzene rings is 1. The fraction of sp³-hybridized carbons (Fsp3) is 0.429. The number of aliphatic hydroxyl groups is 2. The molecule has 2 aliphatic rings. The molecule has 0 bridgehead atoms. The third-order valence-corrected chi connectivity index (χ3v) is 5.58. The highest BCUT2D eigenvalue weighted by atomic mass is 16.6. The van der Waals surface area contributed by atoms with Gasteiger partial charge in [-0.05, 0) is 37.0 Å². The number of cyclic esters (lactones) is 1. The fourth-order valence-corrected chi connectivity index (χ4v) is 3.97. The smallest absolute Gasteiger partial charge is 0.414 e. The predicted molar refractivity (Wildman–Crippen MR) is 114 cm³/mol. The van der Waals surface area contributed by atoms with Crippen molar-refractivity contribution in [2.75, 3.05) is 29.9 Å². The van der Waals surface area contributed by atoms with Crippen LogP contribution in [0.15, 0.2) is 18.2 Å². The van der Waals surface area contributed by atoms with Crippen molar-refractivity contribution >= 4 is 29.4 Å². The quantitative estimate of drug-likeness (QED) is 0.430. The summed E-state index contributed by atoms with van der Waals surface area (Å²) in [6, 6.07) is 5.67. The predicted octanol–water partition coefficient (Wildman–Crippen LogP) is 0.318. The lowest BCUT2D eigenvalue weighted by Crippen LogP contribution is -2.33. The molecular weight excluding hydrogens is 418 g/mol. The van der Waals surface area contributed by atoms with E-state index in [1.165, 1.54) is 6.92 Å². The van der Waals surface area contributed by atoms with Crippen molar-refractivity contribution in [1.29, 1.82) is 0 Å². The Morgan fingerprint density at radius 1 is 1.38 bits per heavy atom. The minimum Gasteiger partial charge on any atom is -0.442 e. The summed E-state index contributed by atoms with van der Waals surface area (Å²) in [5, 5.41) is 30.8. The van der Waals surface area contributed by atoms with Crippen LogP contribution in [0.2, 0.25) is 0 Å². The maximum absolute atomic E-state index is 12.3. The van der Waals surface area contributed by atoms with Gasteiger partial charge in [0.05, 0.1) is 25.4 Å². The number of hydrogen-bond donors (Lipinski definition) is 5. The van der Waals surface area contributed by atoms with Crippen molar-refractivity contribution in [1.82, 2.24) is 15.5 Å². The molecule has 0 saturated carbocycles. The standard InChI is InChI=1S/C21H25N5O6/c1-11(28)22-8-14-9-26(21(31)32-14)13-5-6-15-12(7-13)3-2-4-16-18(15)24-25-19(16)23-20(30)17(29)10-27/h5-7,14,17,27,29H,2-4,8-10H2,1H3,(H,22,28)(H2,23,24,25,30)/t14-,17?/m0/s1. The number of H-pyrrole nitrogens is 1. The van der Waals surface area contributed by atoms with E-state index in [1.807, 2.05) is 18.2 Å². The van der Waals surface area contributed by atoms with Crippen LogP contribution in [0, 0.1) is 0 Å². The van der Waals surface area contributed by atoms with Crippen LogP contribution >= 0.6 is 0 Å². The van der Waals surface area contributed by atoms with E-state index >= 15 is 0 Å². The lowest BCUT2D eigenvalue weighted by atomic mass is 10.0. The Hall–Kier alpha value is -3.44. The number of rotatable bonds is 6. The van der Waals surface area contributed by atoms with Crippen LogP contribution < -0.4 is 15.5 Å². The van der Waals surface area contributed by atoms with Crippen LogP contribution in [0.4, 0.5) is 16.3 Å². The number of aliphatic hydroxyl groups excluding tert-OH is 2. The maximum Gasteiger partial charge on any atom is 0.414 e. The second-order valence-corrected chi connectivity index (χ2v) is 7.86. The number of ether oxygens (including phenoxy) is 1. The number of nitrogens with zero attached hydrogens (tertiary/aromatic N) is 2. The van der Waals surface area contributed by atoms with Crippen molar-refractivity contribution in [2.45, 2.75) is 38.4 Å². The van der Waals surface area contributed by atoms with Gasteiger partial charge in [-0.15, -0.1) is 0 Å². The van der Waals surface area contributed by atoms with E-state index in [4.69, 9.17) is 9.84 Å². The molecule has 11 heteroatoms. The average Bonchev–Trinajstić information content (AvgIpc) is 3.29. The van der Waals surface area contributed by atoms with E-state index in [1.54, 1.807) is 4.90 Å². The highest BCUT2D eigenvalue weighted by molar-refractivity contribution is 5.95. The first-order valence-corrected chi connectivity index (χ1v) is 10.4. The molecule has 0 spiro atoms. The molecular formula is C21H25N5O6.